The molecule has 4 heteroatoms. The van der Waals surface area contributed by atoms with Crippen LogP contribution in [0.25, 0.3) is 0 Å². The first kappa shape index (κ1) is 20.7. The van der Waals surface area contributed by atoms with E-state index in [2.05, 4.69) is 0 Å². The normalized spacial score (nSPS) is 12.2. The van der Waals surface area contributed by atoms with Gasteiger partial charge in [-0.1, -0.05) is 44.4 Å². The van der Waals surface area contributed by atoms with Gasteiger partial charge in [0.1, 0.15) is 13.4 Å². The van der Waals surface area contributed by atoms with E-state index < -0.39 is 11.2 Å². The van der Waals surface area contributed by atoms with Crippen molar-refractivity contribution in [3.05, 3.63) is 29.8 Å². The second-order valence-electron chi connectivity index (χ2n) is 7.94. The van der Waals surface area contributed by atoms with E-state index in [0.29, 0.717) is 11.0 Å². The summed E-state index contributed by atoms with van der Waals surface area (Å²) in [6.07, 6.45) is 0. The molecule has 0 aromatic heterocycles. The Kier molecular flexibility index (Phi) is 6.89. The Bertz CT molecular complexity index is 476. The molecule has 1 aromatic carbocycles. The third-order valence-electron chi connectivity index (χ3n) is 3.36. The van der Waals surface area contributed by atoms with Gasteiger partial charge in [-0.25, -0.2) is 4.79 Å². The zero-order chi connectivity index (χ0) is 17.8. The van der Waals surface area contributed by atoms with Crippen molar-refractivity contribution in [1.29, 1.82) is 0 Å². The highest BCUT2D eigenvalue weighted by molar-refractivity contribution is 6.32. The van der Waals surface area contributed by atoms with Crippen molar-refractivity contribution in [2.75, 3.05) is 0 Å². The maximum atomic E-state index is 11.5. The van der Waals surface area contributed by atoms with E-state index in [9.17, 15) is 9.90 Å². The lowest BCUT2D eigenvalue weighted by Crippen LogP contribution is -2.35. The summed E-state index contributed by atoms with van der Waals surface area (Å²) in [7, 11) is 5.55. The average Bonchev–Trinajstić information content (AvgIpc) is 2.24. The first-order valence-electron chi connectivity index (χ1n) is 7.45. The Morgan fingerprint density at radius 2 is 1.50 bits per heavy atom. The molecule has 0 atom stereocenters. The number of rotatable bonds is 1. The molecule has 2 radical (unpaired) electrons. The molecule has 22 heavy (non-hydrogen) atoms. The van der Waals surface area contributed by atoms with Crippen LogP contribution in [-0.2, 0) is 4.74 Å². The van der Waals surface area contributed by atoms with Crippen LogP contribution in [0.2, 0.25) is 0 Å². The number of carbonyl (C=O) groups is 1. The molecule has 1 aromatic rings. The largest absolute Gasteiger partial charge is 0.456 e. The van der Waals surface area contributed by atoms with E-state index >= 15 is 0 Å². The van der Waals surface area contributed by atoms with E-state index in [1.807, 2.05) is 55.4 Å². The molecule has 0 fully saturated rings. The van der Waals surface area contributed by atoms with Crippen molar-refractivity contribution >= 4 is 19.3 Å². The van der Waals surface area contributed by atoms with Crippen LogP contribution in [0, 0.1) is 5.41 Å². The van der Waals surface area contributed by atoms with Gasteiger partial charge in [0, 0.05) is 0 Å². The van der Waals surface area contributed by atoms with Crippen LogP contribution in [0.5, 0.6) is 0 Å². The number of ether oxygens (including phenoxy) is 1. The van der Waals surface area contributed by atoms with Crippen LogP contribution in [0.4, 0.5) is 0 Å². The van der Waals surface area contributed by atoms with Crippen molar-refractivity contribution in [3.63, 3.8) is 0 Å². The van der Waals surface area contributed by atoms with Gasteiger partial charge in [0.25, 0.3) is 0 Å². The number of benzene rings is 1. The minimum Gasteiger partial charge on any atom is -0.456 e. The van der Waals surface area contributed by atoms with Crippen LogP contribution in [0.15, 0.2) is 24.3 Å². The van der Waals surface area contributed by atoms with Gasteiger partial charge in [0.15, 0.2) is 0 Å². The third kappa shape index (κ3) is 8.23. The topological polar surface area (TPSA) is 46.5 Å². The molecule has 0 heterocycles. The van der Waals surface area contributed by atoms with Crippen molar-refractivity contribution in [3.8, 4) is 0 Å². The molecule has 0 aliphatic rings. The number of hydrogen-bond acceptors (Lipinski definition) is 3. The van der Waals surface area contributed by atoms with E-state index in [0.717, 1.165) is 0 Å². The van der Waals surface area contributed by atoms with E-state index in [4.69, 9.17) is 12.6 Å². The maximum absolute atomic E-state index is 11.5. The van der Waals surface area contributed by atoms with Gasteiger partial charge in [-0.3, -0.25) is 0 Å². The monoisotopic (exact) mass is 304 g/mol. The fraction of sp³-hybridized carbons (Fsp3) is 0.611. The second kappa shape index (κ2) is 7.32. The van der Waals surface area contributed by atoms with Gasteiger partial charge in [-0.2, -0.15) is 0 Å². The lowest BCUT2D eigenvalue weighted by atomic mass is 9.79. The standard InChI is InChI=1S/C11H13BO2.C7H16O/c1-11(2,3)14-10(13)8-5-4-6-9(12)7-8;1-6(2,3)7(4,5)8/h4-7H,1-3H3;8H,1-5H3. The number of hydrogen-bond donors (Lipinski definition) is 1. The first-order valence-corrected chi connectivity index (χ1v) is 7.45. The molecule has 0 spiro atoms. The van der Waals surface area contributed by atoms with Gasteiger partial charge >= 0.3 is 5.97 Å². The summed E-state index contributed by atoms with van der Waals surface area (Å²) in [4.78, 5) is 11.5. The molecule has 3 nitrogen and oxygen atoms in total. The molecular formula is C18H29BO3. The van der Waals surface area contributed by atoms with Crippen LogP contribution in [0.1, 0.15) is 65.7 Å². The molecule has 1 N–H and O–H groups in total. The fourth-order valence-corrected chi connectivity index (χ4v) is 1.00. The molecule has 0 saturated carbocycles. The summed E-state index contributed by atoms with van der Waals surface area (Å²) in [6, 6.07) is 6.75. The third-order valence-corrected chi connectivity index (χ3v) is 3.36. The highest BCUT2D eigenvalue weighted by Crippen LogP contribution is 2.28. The summed E-state index contributed by atoms with van der Waals surface area (Å²) >= 11 is 0. The predicted octanol–water partition coefficient (Wildman–Crippen LogP) is 3.24. The SMILES string of the molecule is CC(C)(C)C(C)(C)O.[B]c1cccc(C(=O)OC(C)(C)C)c1. The molecule has 0 aliphatic carbocycles. The summed E-state index contributed by atoms with van der Waals surface area (Å²) in [5.41, 5.74) is 0.00934. The minimum absolute atomic E-state index is 0.00694. The first-order chi connectivity index (χ1) is 9.63. The Morgan fingerprint density at radius 3 is 1.82 bits per heavy atom. The molecule has 0 saturated heterocycles. The van der Waals surface area contributed by atoms with Crippen molar-refractivity contribution < 1.29 is 14.6 Å². The molecular weight excluding hydrogens is 275 g/mol. The Morgan fingerprint density at radius 1 is 1.05 bits per heavy atom. The van der Waals surface area contributed by atoms with Crippen LogP contribution in [-0.4, -0.2) is 30.1 Å². The zero-order valence-corrected chi connectivity index (χ0v) is 15.2. The summed E-state index contributed by atoms with van der Waals surface area (Å²) < 4.78 is 5.18. The molecule has 0 bridgehead atoms. The summed E-state index contributed by atoms with van der Waals surface area (Å²) in [5, 5.41) is 9.35. The van der Waals surface area contributed by atoms with E-state index in [-0.39, 0.29) is 11.4 Å². The van der Waals surface area contributed by atoms with Crippen LogP contribution < -0.4 is 5.46 Å². The summed E-state index contributed by atoms with van der Waals surface area (Å²) in [6.45, 7) is 15.2. The van der Waals surface area contributed by atoms with Crippen molar-refractivity contribution in [1.82, 2.24) is 0 Å². The second-order valence-corrected chi connectivity index (χ2v) is 7.94. The highest BCUT2D eigenvalue weighted by Gasteiger charge is 2.29. The van der Waals surface area contributed by atoms with Crippen LogP contribution >= 0.6 is 0 Å². The Labute approximate surface area is 136 Å². The fourth-order valence-electron chi connectivity index (χ4n) is 1.00. The van der Waals surface area contributed by atoms with Gasteiger partial charge in [0.2, 0.25) is 0 Å². The lowest BCUT2D eigenvalue weighted by molar-refractivity contribution is -0.0239. The van der Waals surface area contributed by atoms with Crippen molar-refractivity contribution in [2.45, 2.75) is 66.6 Å². The molecule has 0 unspecified atom stereocenters. The van der Waals surface area contributed by atoms with Gasteiger partial charge in [-0.05, 0) is 46.1 Å². The molecule has 0 aliphatic heterocycles. The zero-order valence-electron chi connectivity index (χ0n) is 15.2. The molecule has 1 rings (SSSR count). The van der Waals surface area contributed by atoms with Crippen LogP contribution in [0.3, 0.4) is 0 Å². The molecule has 122 valence electrons. The highest BCUT2D eigenvalue weighted by atomic mass is 16.6. The van der Waals surface area contributed by atoms with E-state index in [1.54, 1.807) is 24.3 Å². The smallest absolute Gasteiger partial charge is 0.338 e. The van der Waals surface area contributed by atoms with Gasteiger partial charge < -0.3 is 9.84 Å². The Hall–Kier alpha value is -1.29. The maximum Gasteiger partial charge on any atom is 0.338 e. The summed E-state index contributed by atoms with van der Waals surface area (Å²) in [5.74, 6) is -0.343. The average molecular weight is 304 g/mol. The van der Waals surface area contributed by atoms with E-state index in [1.165, 1.54) is 0 Å². The number of esters is 1. The van der Waals surface area contributed by atoms with Crippen molar-refractivity contribution in [2.24, 2.45) is 5.41 Å². The van der Waals surface area contributed by atoms with Gasteiger partial charge in [-0.15, -0.1) is 0 Å². The molecule has 0 amide bonds. The number of aliphatic hydroxyl groups is 1. The quantitative estimate of drug-likeness (QED) is 0.640. The predicted molar refractivity (Wildman–Crippen MR) is 92.8 cm³/mol. The minimum atomic E-state index is -0.562. The number of carbonyl (C=O) groups excluding carboxylic acids is 1. The Balaban J connectivity index is 0.000000472. The lowest BCUT2D eigenvalue weighted by Gasteiger charge is -2.33. The van der Waals surface area contributed by atoms with Gasteiger partial charge in [0.05, 0.1) is 11.2 Å².